The van der Waals surface area contributed by atoms with Crippen LogP contribution in [0.4, 0.5) is 5.69 Å². The second-order valence-electron chi connectivity index (χ2n) is 5.83. The molecule has 0 saturated heterocycles. The van der Waals surface area contributed by atoms with Crippen LogP contribution in [-0.2, 0) is 14.3 Å². The van der Waals surface area contributed by atoms with E-state index in [4.69, 9.17) is 0 Å². The lowest BCUT2D eigenvalue weighted by Gasteiger charge is -2.15. The second kappa shape index (κ2) is 6.74. The van der Waals surface area contributed by atoms with Crippen molar-refractivity contribution in [2.45, 2.75) is 51.4 Å². The van der Waals surface area contributed by atoms with Crippen LogP contribution < -0.4 is 5.32 Å². The SMILES string of the molecule is COC(=O)CCCCC1C(=O)Nc2cccc(C(C)C)c21. The highest BCUT2D eigenvalue weighted by atomic mass is 16.5. The smallest absolute Gasteiger partial charge is 0.305 e. The number of carbonyl (C=O) groups excluding carboxylic acids is 2. The summed E-state index contributed by atoms with van der Waals surface area (Å²) in [6, 6.07) is 6.06. The predicted octanol–water partition coefficient (Wildman–Crippen LogP) is 3.58. The summed E-state index contributed by atoms with van der Waals surface area (Å²) >= 11 is 0. The largest absolute Gasteiger partial charge is 0.469 e. The number of esters is 1. The number of benzene rings is 1. The summed E-state index contributed by atoms with van der Waals surface area (Å²) in [5.74, 6) is 0.201. The molecule has 0 fully saturated rings. The zero-order valence-corrected chi connectivity index (χ0v) is 12.9. The molecule has 1 aromatic rings. The first-order chi connectivity index (χ1) is 10.0. The molecule has 4 nitrogen and oxygen atoms in total. The number of ether oxygens (including phenoxy) is 1. The molecule has 1 heterocycles. The quantitative estimate of drug-likeness (QED) is 0.643. The average molecular weight is 289 g/mol. The number of methoxy groups -OCH3 is 1. The first-order valence-corrected chi connectivity index (χ1v) is 7.55. The average Bonchev–Trinajstić information content (AvgIpc) is 2.78. The van der Waals surface area contributed by atoms with Crippen LogP contribution >= 0.6 is 0 Å². The van der Waals surface area contributed by atoms with Crippen LogP contribution in [0.3, 0.4) is 0 Å². The lowest BCUT2D eigenvalue weighted by molar-refractivity contribution is -0.140. The van der Waals surface area contributed by atoms with Crippen molar-refractivity contribution in [1.29, 1.82) is 0 Å². The number of anilines is 1. The Bertz CT molecular complexity index is 537. The molecule has 4 heteroatoms. The van der Waals surface area contributed by atoms with Crippen molar-refractivity contribution < 1.29 is 14.3 Å². The van der Waals surface area contributed by atoms with Gasteiger partial charge in [0.25, 0.3) is 0 Å². The normalized spacial score (nSPS) is 16.8. The molecule has 114 valence electrons. The zero-order chi connectivity index (χ0) is 15.4. The van der Waals surface area contributed by atoms with Crippen molar-refractivity contribution in [1.82, 2.24) is 0 Å². The monoisotopic (exact) mass is 289 g/mol. The van der Waals surface area contributed by atoms with Crippen LogP contribution in [0, 0.1) is 0 Å². The van der Waals surface area contributed by atoms with E-state index in [1.54, 1.807) is 0 Å². The third kappa shape index (κ3) is 3.43. The molecule has 0 radical (unpaired) electrons. The lowest BCUT2D eigenvalue weighted by atomic mass is 9.87. The molecule has 0 bridgehead atoms. The van der Waals surface area contributed by atoms with E-state index in [0.717, 1.165) is 30.5 Å². The first-order valence-electron chi connectivity index (χ1n) is 7.55. The van der Waals surface area contributed by atoms with Crippen molar-refractivity contribution in [2.75, 3.05) is 12.4 Å². The topological polar surface area (TPSA) is 55.4 Å². The Hall–Kier alpha value is -1.84. The van der Waals surface area contributed by atoms with Gasteiger partial charge in [-0.25, -0.2) is 0 Å². The molecule has 1 amide bonds. The maximum atomic E-state index is 12.2. The number of fused-ring (bicyclic) bond motifs is 1. The summed E-state index contributed by atoms with van der Waals surface area (Å²) in [6.07, 6.45) is 2.80. The minimum absolute atomic E-state index is 0.0798. The van der Waals surface area contributed by atoms with Gasteiger partial charge in [0, 0.05) is 12.1 Å². The van der Waals surface area contributed by atoms with Gasteiger partial charge in [0.05, 0.1) is 13.0 Å². The Morgan fingerprint density at radius 1 is 1.33 bits per heavy atom. The standard InChI is InChI=1S/C17H23NO3/c1-11(2)12-8-6-9-14-16(12)13(17(20)18-14)7-4-5-10-15(19)21-3/h6,8-9,11,13H,4-5,7,10H2,1-3H3,(H,18,20). The molecule has 1 N–H and O–H groups in total. The number of unbranched alkanes of at least 4 members (excludes halogenated alkanes) is 1. The molecule has 0 saturated carbocycles. The van der Waals surface area contributed by atoms with E-state index in [1.807, 2.05) is 12.1 Å². The lowest BCUT2D eigenvalue weighted by Crippen LogP contribution is -2.13. The summed E-state index contributed by atoms with van der Waals surface area (Å²) in [6.45, 7) is 4.29. The summed E-state index contributed by atoms with van der Waals surface area (Å²) in [5.41, 5.74) is 3.34. The van der Waals surface area contributed by atoms with E-state index >= 15 is 0 Å². The van der Waals surface area contributed by atoms with E-state index in [2.05, 4.69) is 30.0 Å². The van der Waals surface area contributed by atoms with Crippen LogP contribution in [0.1, 0.15) is 62.5 Å². The van der Waals surface area contributed by atoms with Crippen LogP contribution in [0.15, 0.2) is 18.2 Å². The van der Waals surface area contributed by atoms with Gasteiger partial charge >= 0.3 is 5.97 Å². The van der Waals surface area contributed by atoms with Gasteiger partial charge in [0.15, 0.2) is 0 Å². The first kappa shape index (κ1) is 15.5. The Balaban J connectivity index is 2.06. The highest BCUT2D eigenvalue weighted by Crippen LogP contribution is 2.40. The molecule has 0 aliphatic carbocycles. The van der Waals surface area contributed by atoms with Gasteiger partial charge < -0.3 is 10.1 Å². The van der Waals surface area contributed by atoms with Gasteiger partial charge in [-0.1, -0.05) is 32.4 Å². The maximum absolute atomic E-state index is 12.2. The van der Waals surface area contributed by atoms with E-state index in [1.165, 1.54) is 12.7 Å². The summed E-state index contributed by atoms with van der Waals surface area (Å²) < 4.78 is 4.63. The molecule has 1 aromatic carbocycles. The Labute approximate surface area is 125 Å². The molecule has 1 atom stereocenters. The summed E-state index contributed by atoms with van der Waals surface area (Å²) in [7, 11) is 1.40. The van der Waals surface area contributed by atoms with Gasteiger partial charge in [-0.05, 0) is 36.0 Å². The highest BCUT2D eigenvalue weighted by Gasteiger charge is 2.32. The summed E-state index contributed by atoms with van der Waals surface area (Å²) in [5, 5.41) is 2.97. The number of nitrogens with one attached hydrogen (secondary N) is 1. The molecule has 1 aliphatic heterocycles. The van der Waals surface area contributed by atoms with Crippen molar-refractivity contribution in [3.05, 3.63) is 29.3 Å². The molecule has 2 rings (SSSR count). The van der Waals surface area contributed by atoms with Crippen LogP contribution in [-0.4, -0.2) is 19.0 Å². The van der Waals surface area contributed by atoms with Crippen molar-refractivity contribution in [3.63, 3.8) is 0 Å². The molecule has 1 unspecified atom stereocenters. The number of carbonyl (C=O) groups is 2. The van der Waals surface area contributed by atoms with E-state index in [9.17, 15) is 9.59 Å². The maximum Gasteiger partial charge on any atom is 0.305 e. The van der Waals surface area contributed by atoms with Gasteiger partial charge in [-0.15, -0.1) is 0 Å². The summed E-state index contributed by atoms with van der Waals surface area (Å²) in [4.78, 5) is 23.3. The van der Waals surface area contributed by atoms with E-state index < -0.39 is 0 Å². The Morgan fingerprint density at radius 2 is 2.10 bits per heavy atom. The van der Waals surface area contributed by atoms with E-state index in [-0.39, 0.29) is 17.8 Å². The van der Waals surface area contributed by atoms with Crippen molar-refractivity contribution in [3.8, 4) is 0 Å². The molecule has 21 heavy (non-hydrogen) atoms. The fraction of sp³-hybridized carbons (Fsp3) is 0.529. The Kier molecular flexibility index (Phi) is 4.99. The van der Waals surface area contributed by atoms with Crippen LogP contribution in [0.5, 0.6) is 0 Å². The molecule has 0 spiro atoms. The van der Waals surface area contributed by atoms with Crippen LogP contribution in [0.25, 0.3) is 0 Å². The number of hydrogen-bond donors (Lipinski definition) is 1. The highest BCUT2D eigenvalue weighted by molar-refractivity contribution is 6.03. The Morgan fingerprint density at radius 3 is 2.76 bits per heavy atom. The third-order valence-electron chi connectivity index (χ3n) is 4.04. The fourth-order valence-electron chi connectivity index (χ4n) is 2.93. The zero-order valence-electron chi connectivity index (χ0n) is 12.9. The van der Waals surface area contributed by atoms with Crippen molar-refractivity contribution in [2.24, 2.45) is 0 Å². The minimum atomic E-state index is -0.186. The number of hydrogen-bond acceptors (Lipinski definition) is 3. The van der Waals surface area contributed by atoms with Crippen molar-refractivity contribution >= 4 is 17.6 Å². The predicted molar refractivity (Wildman–Crippen MR) is 82.4 cm³/mol. The third-order valence-corrected chi connectivity index (χ3v) is 4.04. The van der Waals surface area contributed by atoms with Gasteiger partial charge in [-0.3, -0.25) is 9.59 Å². The number of rotatable bonds is 6. The molecule has 1 aliphatic rings. The van der Waals surface area contributed by atoms with Gasteiger partial charge in [0.1, 0.15) is 0 Å². The number of amides is 1. The molecular formula is C17H23NO3. The van der Waals surface area contributed by atoms with Crippen LogP contribution in [0.2, 0.25) is 0 Å². The van der Waals surface area contributed by atoms with Gasteiger partial charge in [0.2, 0.25) is 5.91 Å². The fourth-order valence-corrected chi connectivity index (χ4v) is 2.93. The van der Waals surface area contributed by atoms with E-state index in [0.29, 0.717) is 12.3 Å². The minimum Gasteiger partial charge on any atom is -0.469 e. The molecular weight excluding hydrogens is 266 g/mol. The van der Waals surface area contributed by atoms with Gasteiger partial charge in [-0.2, -0.15) is 0 Å². The molecule has 0 aromatic heterocycles. The second-order valence-corrected chi connectivity index (χ2v) is 5.83.